The number of thiazole rings is 1. The van der Waals surface area contributed by atoms with E-state index in [1.54, 1.807) is 24.2 Å². The molecule has 1 amide bonds. The van der Waals surface area contributed by atoms with Gasteiger partial charge in [0.1, 0.15) is 10.9 Å². The highest BCUT2D eigenvalue weighted by Gasteiger charge is 2.19. The van der Waals surface area contributed by atoms with Gasteiger partial charge in [-0.05, 0) is 24.3 Å². The number of fused-ring (bicyclic) bond motifs is 3. The Morgan fingerprint density at radius 3 is 3.09 bits per heavy atom. The molecule has 0 fully saturated rings. The zero-order chi connectivity index (χ0) is 21.5. The highest BCUT2D eigenvalue weighted by Crippen LogP contribution is 2.33. The Morgan fingerprint density at radius 1 is 1.16 bits per heavy atom. The molecule has 0 atom stereocenters. The predicted molar refractivity (Wildman–Crippen MR) is 123 cm³/mol. The largest absolute Gasteiger partial charge is 0.333 e. The number of aromatic nitrogens is 6. The second-order valence-electron chi connectivity index (χ2n) is 7.43. The van der Waals surface area contributed by atoms with E-state index in [9.17, 15) is 4.79 Å². The van der Waals surface area contributed by atoms with Gasteiger partial charge in [0, 0.05) is 42.8 Å². The standard InChI is InChI=1S/C21H18N8OS2/c30-18(13-27-8-9-28-7-5-22-17(28)12-27)26-21-25-15-3-2-14(10-16(15)32-21)31-19-11-24-20-23-4-1-6-29(19)20/h1-7,10-11H,8-9,12-13H2,(H,25,26,30). The van der Waals surface area contributed by atoms with Crippen LogP contribution < -0.4 is 5.32 Å². The normalized spacial score (nSPS) is 14.1. The molecule has 0 spiro atoms. The first-order valence-electron chi connectivity index (χ1n) is 10.1. The van der Waals surface area contributed by atoms with E-state index in [2.05, 4.69) is 40.8 Å². The van der Waals surface area contributed by atoms with Gasteiger partial charge in [0.15, 0.2) is 5.13 Å². The first-order valence-corrected chi connectivity index (χ1v) is 11.7. The fourth-order valence-corrected chi connectivity index (χ4v) is 5.64. The number of rotatable bonds is 5. The smallest absolute Gasteiger partial charge is 0.240 e. The molecule has 0 bridgehead atoms. The SMILES string of the molecule is O=C(CN1CCn2ccnc2C1)Nc1nc2ccc(Sc3cnc4ncccn34)cc2s1. The molecule has 0 saturated heterocycles. The lowest BCUT2D eigenvalue weighted by Crippen LogP contribution is -2.39. The molecule has 4 aromatic heterocycles. The quantitative estimate of drug-likeness (QED) is 0.429. The molecule has 0 saturated carbocycles. The molecule has 160 valence electrons. The molecule has 1 aliphatic heterocycles. The maximum absolute atomic E-state index is 12.6. The van der Waals surface area contributed by atoms with Gasteiger partial charge in [-0.1, -0.05) is 23.1 Å². The van der Waals surface area contributed by atoms with Gasteiger partial charge in [-0.3, -0.25) is 14.1 Å². The highest BCUT2D eigenvalue weighted by atomic mass is 32.2. The van der Waals surface area contributed by atoms with Crippen LogP contribution in [0.4, 0.5) is 5.13 Å². The topological polar surface area (TPSA) is 93.2 Å². The van der Waals surface area contributed by atoms with Gasteiger partial charge in [0.05, 0.1) is 29.5 Å². The van der Waals surface area contributed by atoms with E-state index < -0.39 is 0 Å². The molecule has 0 aliphatic carbocycles. The van der Waals surface area contributed by atoms with Crippen LogP contribution in [0.3, 0.4) is 0 Å². The van der Waals surface area contributed by atoms with Crippen LogP contribution in [0, 0.1) is 0 Å². The third-order valence-corrected chi connectivity index (χ3v) is 7.21. The van der Waals surface area contributed by atoms with E-state index in [-0.39, 0.29) is 5.91 Å². The number of hydrogen-bond donors (Lipinski definition) is 1. The van der Waals surface area contributed by atoms with Crippen LogP contribution in [0.1, 0.15) is 5.82 Å². The Labute approximate surface area is 191 Å². The maximum Gasteiger partial charge on any atom is 0.240 e. The van der Waals surface area contributed by atoms with Crippen molar-refractivity contribution in [1.82, 2.24) is 33.8 Å². The van der Waals surface area contributed by atoms with Gasteiger partial charge in [-0.2, -0.15) is 0 Å². The van der Waals surface area contributed by atoms with Crippen molar-refractivity contribution in [2.75, 3.05) is 18.4 Å². The number of nitrogens with zero attached hydrogens (tertiary/aromatic N) is 7. The second-order valence-corrected chi connectivity index (χ2v) is 9.56. The van der Waals surface area contributed by atoms with Crippen LogP contribution >= 0.6 is 23.1 Å². The molecule has 5 heterocycles. The van der Waals surface area contributed by atoms with E-state index in [0.29, 0.717) is 24.0 Å². The number of carbonyl (C=O) groups is 1. The number of benzene rings is 1. The number of amides is 1. The number of nitrogens with one attached hydrogen (secondary N) is 1. The molecule has 0 unspecified atom stereocenters. The van der Waals surface area contributed by atoms with Gasteiger partial charge >= 0.3 is 0 Å². The van der Waals surface area contributed by atoms with Crippen LogP contribution in [0.15, 0.2) is 65.2 Å². The molecule has 0 radical (unpaired) electrons. The zero-order valence-electron chi connectivity index (χ0n) is 16.9. The molecular weight excluding hydrogens is 444 g/mol. The molecule has 1 N–H and O–H groups in total. The maximum atomic E-state index is 12.6. The molecule has 11 heteroatoms. The summed E-state index contributed by atoms with van der Waals surface area (Å²) in [6.07, 6.45) is 9.29. The van der Waals surface area contributed by atoms with Gasteiger partial charge in [0.25, 0.3) is 0 Å². The molecular formula is C21H18N8OS2. The molecule has 1 aromatic carbocycles. The summed E-state index contributed by atoms with van der Waals surface area (Å²) in [7, 11) is 0. The Morgan fingerprint density at radius 2 is 2.12 bits per heavy atom. The molecule has 32 heavy (non-hydrogen) atoms. The minimum Gasteiger partial charge on any atom is -0.333 e. The predicted octanol–water partition coefficient (Wildman–Crippen LogP) is 3.14. The lowest BCUT2D eigenvalue weighted by atomic mass is 10.3. The number of hydrogen-bond acceptors (Lipinski definition) is 8. The van der Waals surface area contributed by atoms with Crippen LogP contribution in [-0.2, 0) is 17.9 Å². The van der Waals surface area contributed by atoms with E-state index in [1.807, 2.05) is 41.2 Å². The summed E-state index contributed by atoms with van der Waals surface area (Å²) in [5, 5.41) is 4.56. The van der Waals surface area contributed by atoms with E-state index in [4.69, 9.17) is 0 Å². The Kier molecular flexibility index (Phi) is 4.86. The van der Waals surface area contributed by atoms with Crippen molar-refractivity contribution in [2.45, 2.75) is 23.0 Å². The minimum absolute atomic E-state index is 0.0584. The van der Waals surface area contributed by atoms with Crippen molar-refractivity contribution in [3.05, 3.63) is 61.1 Å². The van der Waals surface area contributed by atoms with Crippen LogP contribution in [0.25, 0.3) is 16.0 Å². The second kappa shape index (κ2) is 8.01. The minimum atomic E-state index is -0.0584. The Hall–Kier alpha value is -3.28. The van der Waals surface area contributed by atoms with E-state index >= 15 is 0 Å². The summed E-state index contributed by atoms with van der Waals surface area (Å²) >= 11 is 3.10. The zero-order valence-corrected chi connectivity index (χ0v) is 18.5. The summed E-state index contributed by atoms with van der Waals surface area (Å²) < 4.78 is 5.11. The monoisotopic (exact) mass is 462 g/mol. The Balaban J connectivity index is 1.14. The van der Waals surface area contributed by atoms with Crippen molar-refractivity contribution >= 4 is 50.1 Å². The van der Waals surface area contributed by atoms with Crippen LogP contribution in [0.5, 0.6) is 0 Å². The summed E-state index contributed by atoms with van der Waals surface area (Å²) in [6, 6.07) is 7.99. The first kappa shape index (κ1) is 19.4. The third-order valence-electron chi connectivity index (χ3n) is 5.27. The summed E-state index contributed by atoms with van der Waals surface area (Å²) in [6.45, 7) is 2.69. The van der Waals surface area contributed by atoms with Gasteiger partial charge in [-0.15, -0.1) is 0 Å². The summed E-state index contributed by atoms with van der Waals surface area (Å²) in [5.74, 6) is 1.62. The lowest BCUT2D eigenvalue weighted by molar-refractivity contribution is -0.117. The fraction of sp³-hybridized carbons (Fsp3) is 0.190. The number of anilines is 1. The first-order chi connectivity index (χ1) is 15.7. The lowest BCUT2D eigenvalue weighted by Gasteiger charge is -2.26. The molecule has 5 aromatic rings. The van der Waals surface area contributed by atoms with Crippen molar-refractivity contribution in [2.24, 2.45) is 0 Å². The van der Waals surface area contributed by atoms with Crippen molar-refractivity contribution < 1.29 is 4.79 Å². The van der Waals surface area contributed by atoms with Gasteiger partial charge in [-0.25, -0.2) is 19.9 Å². The van der Waals surface area contributed by atoms with Crippen LogP contribution in [-0.4, -0.2) is 52.8 Å². The Bertz CT molecular complexity index is 1440. The van der Waals surface area contributed by atoms with Gasteiger partial charge < -0.3 is 9.88 Å². The molecule has 6 rings (SSSR count). The molecule has 9 nitrogen and oxygen atoms in total. The summed E-state index contributed by atoms with van der Waals surface area (Å²) in [5.41, 5.74) is 0.870. The highest BCUT2D eigenvalue weighted by molar-refractivity contribution is 7.99. The van der Waals surface area contributed by atoms with E-state index in [0.717, 1.165) is 39.1 Å². The number of imidazole rings is 2. The fourth-order valence-electron chi connectivity index (χ4n) is 3.74. The third kappa shape index (κ3) is 3.74. The molecule has 1 aliphatic rings. The van der Waals surface area contributed by atoms with Crippen molar-refractivity contribution in [3.63, 3.8) is 0 Å². The number of carbonyl (C=O) groups excluding carboxylic acids is 1. The summed E-state index contributed by atoms with van der Waals surface area (Å²) in [4.78, 5) is 33.3. The van der Waals surface area contributed by atoms with Crippen molar-refractivity contribution in [3.8, 4) is 0 Å². The average molecular weight is 463 g/mol. The van der Waals surface area contributed by atoms with E-state index in [1.165, 1.54) is 11.3 Å². The van der Waals surface area contributed by atoms with Crippen molar-refractivity contribution in [1.29, 1.82) is 0 Å². The van der Waals surface area contributed by atoms with Gasteiger partial charge in [0.2, 0.25) is 11.7 Å². The average Bonchev–Trinajstić information content (AvgIpc) is 3.51. The van der Waals surface area contributed by atoms with Crippen LogP contribution in [0.2, 0.25) is 0 Å².